The van der Waals surface area contributed by atoms with Gasteiger partial charge in [0.15, 0.2) is 0 Å². The van der Waals surface area contributed by atoms with Gasteiger partial charge < -0.3 is 11.1 Å². The maximum atomic E-state index is 12.4. The van der Waals surface area contributed by atoms with Crippen molar-refractivity contribution in [1.29, 1.82) is 0 Å². The third-order valence-electron chi connectivity index (χ3n) is 3.94. The first kappa shape index (κ1) is 15.1. The number of thiophene rings is 1. The first-order valence-electron chi connectivity index (χ1n) is 7.19. The Bertz CT molecular complexity index is 526. The molecule has 1 amide bonds. The van der Waals surface area contributed by atoms with Crippen LogP contribution in [0.1, 0.15) is 48.3 Å². The van der Waals surface area contributed by atoms with Gasteiger partial charge in [0.1, 0.15) is 4.88 Å². The van der Waals surface area contributed by atoms with Gasteiger partial charge in [0.25, 0.3) is 5.91 Å². The summed E-state index contributed by atoms with van der Waals surface area (Å²) in [6.45, 7) is 4.83. The molecular weight excluding hydrogens is 268 g/mol. The van der Waals surface area contributed by atoms with Crippen molar-refractivity contribution in [1.82, 2.24) is 5.32 Å². The Labute approximate surface area is 124 Å². The molecule has 3 nitrogen and oxygen atoms in total. The quantitative estimate of drug-likeness (QED) is 0.823. The summed E-state index contributed by atoms with van der Waals surface area (Å²) in [7, 11) is 0. The van der Waals surface area contributed by atoms with E-state index < -0.39 is 0 Å². The van der Waals surface area contributed by atoms with Crippen LogP contribution in [-0.2, 0) is 0 Å². The van der Waals surface area contributed by atoms with E-state index in [-0.39, 0.29) is 11.9 Å². The van der Waals surface area contributed by atoms with Crippen molar-refractivity contribution in [2.75, 3.05) is 6.54 Å². The summed E-state index contributed by atoms with van der Waals surface area (Å²) in [5, 5.41) is 5.09. The minimum absolute atomic E-state index is 0.00715. The lowest BCUT2D eigenvalue weighted by Crippen LogP contribution is -2.42. The number of rotatable bonds is 2. The van der Waals surface area contributed by atoms with Gasteiger partial charge in [0.2, 0.25) is 0 Å². The highest BCUT2D eigenvalue weighted by atomic mass is 32.1. The van der Waals surface area contributed by atoms with Gasteiger partial charge >= 0.3 is 0 Å². The average molecular weight is 290 g/mol. The highest BCUT2D eigenvalue weighted by Crippen LogP contribution is 2.29. The van der Waals surface area contributed by atoms with Crippen molar-refractivity contribution in [2.24, 2.45) is 17.6 Å². The Morgan fingerprint density at radius 1 is 1.50 bits per heavy atom. The molecule has 1 aromatic rings. The fourth-order valence-corrected chi connectivity index (χ4v) is 3.60. The fraction of sp³-hybridized carbons (Fsp3) is 0.562. The van der Waals surface area contributed by atoms with Gasteiger partial charge in [0.05, 0.1) is 6.54 Å². The van der Waals surface area contributed by atoms with E-state index in [4.69, 9.17) is 5.73 Å². The summed E-state index contributed by atoms with van der Waals surface area (Å²) in [6, 6.07) is 2.17. The highest BCUT2D eigenvalue weighted by Gasteiger charge is 2.27. The lowest BCUT2D eigenvalue weighted by molar-refractivity contribution is 0.0903. The van der Waals surface area contributed by atoms with Crippen LogP contribution in [0.25, 0.3) is 0 Å². The molecule has 0 bridgehead atoms. The molecular formula is C16H22N2OS. The Morgan fingerprint density at radius 3 is 3.00 bits per heavy atom. The third kappa shape index (κ3) is 3.62. The summed E-state index contributed by atoms with van der Waals surface area (Å²) in [6.07, 6.45) is 3.46. The van der Waals surface area contributed by atoms with Gasteiger partial charge in [-0.25, -0.2) is 0 Å². The smallest absolute Gasteiger partial charge is 0.262 e. The van der Waals surface area contributed by atoms with E-state index in [1.165, 1.54) is 24.2 Å². The third-order valence-corrected chi connectivity index (χ3v) is 4.86. The second-order valence-electron chi connectivity index (χ2n) is 5.64. The lowest BCUT2D eigenvalue weighted by Gasteiger charge is -2.33. The molecule has 4 heteroatoms. The monoisotopic (exact) mass is 290 g/mol. The molecule has 1 fully saturated rings. The zero-order valence-electron chi connectivity index (χ0n) is 12.1. The highest BCUT2D eigenvalue weighted by molar-refractivity contribution is 7.12. The normalized spacial score (nSPS) is 25.6. The molecule has 0 saturated heterocycles. The van der Waals surface area contributed by atoms with E-state index in [0.29, 0.717) is 17.3 Å². The van der Waals surface area contributed by atoms with Crippen LogP contribution in [0.5, 0.6) is 0 Å². The first-order valence-corrected chi connectivity index (χ1v) is 8.07. The first-order chi connectivity index (χ1) is 9.61. The van der Waals surface area contributed by atoms with E-state index in [1.54, 1.807) is 0 Å². The second kappa shape index (κ2) is 6.92. The Kier molecular flexibility index (Phi) is 5.22. The van der Waals surface area contributed by atoms with Crippen LogP contribution in [0.2, 0.25) is 0 Å². The Hall–Kier alpha value is -1.31. The molecule has 1 aliphatic rings. The Balaban J connectivity index is 2.03. The number of nitrogens with one attached hydrogen (secondary N) is 1. The lowest BCUT2D eigenvalue weighted by atomic mass is 9.80. The number of carbonyl (C=O) groups is 1. The van der Waals surface area contributed by atoms with Gasteiger partial charge in [-0.3, -0.25) is 4.79 Å². The minimum Gasteiger partial charge on any atom is -0.348 e. The minimum atomic E-state index is 0.00715. The van der Waals surface area contributed by atoms with Crippen LogP contribution in [-0.4, -0.2) is 18.5 Å². The molecule has 20 heavy (non-hydrogen) atoms. The van der Waals surface area contributed by atoms with Gasteiger partial charge in [-0.2, -0.15) is 0 Å². The van der Waals surface area contributed by atoms with Crippen LogP contribution in [0.15, 0.2) is 11.4 Å². The van der Waals surface area contributed by atoms with Crippen molar-refractivity contribution < 1.29 is 4.79 Å². The molecule has 0 radical (unpaired) electrons. The van der Waals surface area contributed by atoms with Gasteiger partial charge in [0, 0.05) is 11.6 Å². The summed E-state index contributed by atoms with van der Waals surface area (Å²) >= 11 is 1.44. The zero-order chi connectivity index (χ0) is 14.5. The van der Waals surface area contributed by atoms with Crippen LogP contribution in [0, 0.1) is 23.7 Å². The van der Waals surface area contributed by atoms with Gasteiger partial charge in [-0.05, 0) is 42.5 Å². The average Bonchev–Trinajstić information content (AvgIpc) is 2.88. The topological polar surface area (TPSA) is 55.1 Å². The summed E-state index contributed by atoms with van der Waals surface area (Å²) < 4.78 is 0. The summed E-state index contributed by atoms with van der Waals surface area (Å²) in [5.41, 5.74) is 6.17. The molecule has 108 valence electrons. The van der Waals surface area contributed by atoms with E-state index in [9.17, 15) is 4.79 Å². The van der Waals surface area contributed by atoms with E-state index >= 15 is 0 Å². The summed E-state index contributed by atoms with van der Waals surface area (Å²) in [5.74, 6) is 7.09. The predicted octanol–water partition coefficient (Wildman–Crippen LogP) is 2.61. The second-order valence-corrected chi connectivity index (χ2v) is 6.56. The van der Waals surface area contributed by atoms with E-state index in [2.05, 4.69) is 31.0 Å². The molecule has 1 aromatic heterocycles. The predicted molar refractivity (Wildman–Crippen MR) is 83.7 cm³/mol. The van der Waals surface area contributed by atoms with Crippen molar-refractivity contribution in [3.05, 3.63) is 21.9 Å². The fourth-order valence-electron chi connectivity index (χ4n) is 2.84. The van der Waals surface area contributed by atoms with Gasteiger partial charge in [-0.1, -0.05) is 25.7 Å². The number of hydrogen-bond acceptors (Lipinski definition) is 3. The number of carbonyl (C=O) groups excluding carboxylic acids is 1. The molecule has 1 aliphatic carbocycles. The number of nitrogens with two attached hydrogens (primary N) is 1. The van der Waals surface area contributed by atoms with Crippen LogP contribution >= 0.6 is 11.3 Å². The molecule has 0 aliphatic heterocycles. The molecule has 3 atom stereocenters. The van der Waals surface area contributed by atoms with Crippen molar-refractivity contribution in [3.63, 3.8) is 0 Å². The molecule has 3 unspecified atom stereocenters. The molecule has 2 rings (SSSR count). The molecule has 0 aromatic carbocycles. The van der Waals surface area contributed by atoms with Crippen LogP contribution in [0.3, 0.4) is 0 Å². The SMILES string of the molecule is CC1CCC(NC(=O)c2sccc2C#CCN)C(C)C1. The zero-order valence-corrected chi connectivity index (χ0v) is 12.9. The Morgan fingerprint density at radius 2 is 2.30 bits per heavy atom. The van der Waals surface area contributed by atoms with E-state index in [0.717, 1.165) is 17.9 Å². The maximum absolute atomic E-state index is 12.4. The molecule has 1 heterocycles. The van der Waals surface area contributed by atoms with Crippen molar-refractivity contribution >= 4 is 17.2 Å². The maximum Gasteiger partial charge on any atom is 0.262 e. The van der Waals surface area contributed by atoms with Crippen molar-refractivity contribution in [2.45, 2.75) is 39.2 Å². The molecule has 1 saturated carbocycles. The van der Waals surface area contributed by atoms with Crippen molar-refractivity contribution in [3.8, 4) is 11.8 Å². The number of amides is 1. The van der Waals surface area contributed by atoms with Crippen LogP contribution < -0.4 is 11.1 Å². The van der Waals surface area contributed by atoms with Crippen LogP contribution in [0.4, 0.5) is 0 Å². The molecule has 3 N–H and O–H groups in total. The largest absolute Gasteiger partial charge is 0.348 e. The summed E-state index contributed by atoms with van der Waals surface area (Å²) in [4.78, 5) is 13.1. The van der Waals surface area contributed by atoms with E-state index in [1.807, 2.05) is 11.4 Å². The van der Waals surface area contributed by atoms with Gasteiger partial charge in [-0.15, -0.1) is 11.3 Å². The number of hydrogen-bond donors (Lipinski definition) is 2. The standard InChI is InChI=1S/C16H22N2OS/c1-11-5-6-14(12(2)10-11)18-16(19)15-13(4-3-8-17)7-9-20-15/h7,9,11-12,14H,5-6,8,10,17H2,1-2H3,(H,18,19). The molecule has 0 spiro atoms.